The fourth-order valence-corrected chi connectivity index (χ4v) is 3.17. The molecule has 7 nitrogen and oxygen atoms in total. The van der Waals surface area contributed by atoms with E-state index in [0.717, 1.165) is 6.42 Å². The lowest BCUT2D eigenvalue weighted by Crippen LogP contribution is -2.48. The van der Waals surface area contributed by atoms with Crippen LogP contribution in [-0.4, -0.2) is 69.8 Å². The van der Waals surface area contributed by atoms with Crippen LogP contribution in [0.4, 0.5) is 0 Å². The van der Waals surface area contributed by atoms with Crippen molar-refractivity contribution in [1.82, 2.24) is 19.6 Å². The van der Waals surface area contributed by atoms with E-state index in [9.17, 15) is 9.59 Å². The van der Waals surface area contributed by atoms with E-state index in [4.69, 9.17) is 16.3 Å². The standard InChI is InChI=1S/C16H25ClN4O3/c1-5-24-16(2,3)15(23)21-8-6-7-20(9-10-21)14(22)13-12(17)11-18-19(13)4/h11H,5-10H2,1-4H3. The van der Waals surface area contributed by atoms with Crippen molar-refractivity contribution < 1.29 is 14.3 Å². The number of carbonyl (C=O) groups excluding carboxylic acids is 2. The highest BCUT2D eigenvalue weighted by atomic mass is 35.5. The summed E-state index contributed by atoms with van der Waals surface area (Å²) in [4.78, 5) is 28.8. The first-order chi connectivity index (χ1) is 11.3. The van der Waals surface area contributed by atoms with Gasteiger partial charge in [-0.3, -0.25) is 14.3 Å². The minimum Gasteiger partial charge on any atom is -0.366 e. The summed E-state index contributed by atoms with van der Waals surface area (Å²) in [6.45, 7) is 8.05. The second-order valence-electron chi connectivity index (χ2n) is 6.35. The topological polar surface area (TPSA) is 67.7 Å². The summed E-state index contributed by atoms with van der Waals surface area (Å²) < 4.78 is 7.03. The van der Waals surface area contributed by atoms with Crippen LogP contribution in [0.2, 0.25) is 5.02 Å². The maximum Gasteiger partial charge on any atom is 0.273 e. The molecule has 1 aliphatic rings. The van der Waals surface area contributed by atoms with Gasteiger partial charge < -0.3 is 14.5 Å². The monoisotopic (exact) mass is 356 g/mol. The number of halogens is 1. The summed E-state index contributed by atoms with van der Waals surface area (Å²) >= 11 is 6.06. The van der Waals surface area contributed by atoms with E-state index in [0.29, 0.717) is 43.5 Å². The van der Waals surface area contributed by atoms with Crippen molar-refractivity contribution in [2.75, 3.05) is 32.8 Å². The predicted octanol–water partition coefficient (Wildman–Crippen LogP) is 1.56. The number of aryl methyl sites for hydroxylation is 1. The number of ether oxygens (including phenoxy) is 1. The molecule has 8 heteroatoms. The van der Waals surface area contributed by atoms with Crippen molar-refractivity contribution in [2.24, 2.45) is 7.05 Å². The van der Waals surface area contributed by atoms with E-state index in [1.807, 2.05) is 6.92 Å². The van der Waals surface area contributed by atoms with Crippen molar-refractivity contribution in [1.29, 1.82) is 0 Å². The van der Waals surface area contributed by atoms with E-state index in [-0.39, 0.29) is 11.8 Å². The fourth-order valence-electron chi connectivity index (χ4n) is 2.93. The maximum atomic E-state index is 12.7. The van der Waals surface area contributed by atoms with Gasteiger partial charge in [-0.25, -0.2) is 0 Å². The Morgan fingerprint density at radius 1 is 1.25 bits per heavy atom. The minimum absolute atomic E-state index is 0.0442. The molecule has 0 bridgehead atoms. The molecular formula is C16H25ClN4O3. The third kappa shape index (κ3) is 3.89. The normalized spacial score (nSPS) is 16.2. The minimum atomic E-state index is -0.848. The average molecular weight is 357 g/mol. The van der Waals surface area contributed by atoms with Crippen molar-refractivity contribution in [3.63, 3.8) is 0 Å². The van der Waals surface area contributed by atoms with Crippen molar-refractivity contribution in [3.05, 3.63) is 16.9 Å². The zero-order chi connectivity index (χ0) is 17.9. The first-order valence-corrected chi connectivity index (χ1v) is 8.55. The lowest BCUT2D eigenvalue weighted by molar-refractivity contribution is -0.153. The van der Waals surface area contributed by atoms with Gasteiger partial charge >= 0.3 is 0 Å². The molecule has 0 N–H and O–H groups in total. The van der Waals surface area contributed by atoms with Gasteiger partial charge in [0, 0.05) is 39.8 Å². The van der Waals surface area contributed by atoms with Gasteiger partial charge in [0.05, 0.1) is 11.2 Å². The first-order valence-electron chi connectivity index (χ1n) is 8.18. The van der Waals surface area contributed by atoms with Crippen LogP contribution in [0.3, 0.4) is 0 Å². The van der Waals surface area contributed by atoms with E-state index >= 15 is 0 Å². The molecule has 1 aromatic heterocycles. The van der Waals surface area contributed by atoms with Crippen LogP contribution in [0.1, 0.15) is 37.7 Å². The number of amides is 2. The quantitative estimate of drug-likeness (QED) is 0.821. The highest BCUT2D eigenvalue weighted by Crippen LogP contribution is 2.19. The van der Waals surface area contributed by atoms with Gasteiger partial charge in [0.25, 0.3) is 11.8 Å². The summed E-state index contributed by atoms with van der Waals surface area (Å²) in [7, 11) is 1.69. The molecule has 0 radical (unpaired) electrons. The second kappa shape index (κ2) is 7.53. The molecule has 1 aromatic rings. The Morgan fingerprint density at radius 3 is 2.46 bits per heavy atom. The Hall–Kier alpha value is -1.60. The zero-order valence-corrected chi connectivity index (χ0v) is 15.5. The van der Waals surface area contributed by atoms with Crippen LogP contribution in [0.25, 0.3) is 0 Å². The SMILES string of the molecule is CCOC(C)(C)C(=O)N1CCCN(C(=O)c2c(Cl)cnn2C)CC1. The zero-order valence-electron chi connectivity index (χ0n) is 14.7. The molecule has 0 atom stereocenters. The molecule has 2 amide bonds. The van der Waals surface area contributed by atoms with Crippen molar-refractivity contribution in [3.8, 4) is 0 Å². The summed E-state index contributed by atoms with van der Waals surface area (Å²) in [5, 5.41) is 4.35. The summed E-state index contributed by atoms with van der Waals surface area (Å²) in [6, 6.07) is 0. The number of hydrogen-bond acceptors (Lipinski definition) is 4. The molecule has 1 fully saturated rings. The van der Waals surface area contributed by atoms with Gasteiger partial charge in [-0.15, -0.1) is 0 Å². The number of aromatic nitrogens is 2. The van der Waals surface area contributed by atoms with Crippen LogP contribution < -0.4 is 0 Å². The smallest absolute Gasteiger partial charge is 0.273 e. The third-order valence-electron chi connectivity index (χ3n) is 4.19. The van der Waals surface area contributed by atoms with Crippen molar-refractivity contribution >= 4 is 23.4 Å². The molecule has 0 unspecified atom stereocenters. The number of hydrogen-bond donors (Lipinski definition) is 0. The molecule has 2 heterocycles. The van der Waals surface area contributed by atoms with Gasteiger partial charge in [-0.1, -0.05) is 11.6 Å². The molecule has 134 valence electrons. The summed E-state index contributed by atoms with van der Waals surface area (Å²) in [5.74, 6) is -0.199. The fraction of sp³-hybridized carbons (Fsp3) is 0.688. The van der Waals surface area contributed by atoms with Crippen LogP contribution in [0.15, 0.2) is 6.20 Å². The maximum absolute atomic E-state index is 12.7. The molecule has 1 aliphatic heterocycles. The van der Waals surface area contributed by atoms with Gasteiger partial charge in [-0.2, -0.15) is 5.10 Å². The molecular weight excluding hydrogens is 332 g/mol. The van der Waals surface area contributed by atoms with Crippen LogP contribution >= 0.6 is 11.6 Å². The lowest BCUT2D eigenvalue weighted by Gasteiger charge is -2.31. The Kier molecular flexibility index (Phi) is 5.87. The summed E-state index contributed by atoms with van der Waals surface area (Å²) in [5.41, 5.74) is -0.467. The summed E-state index contributed by atoms with van der Waals surface area (Å²) in [6.07, 6.45) is 2.18. The second-order valence-corrected chi connectivity index (χ2v) is 6.75. The van der Waals surface area contributed by atoms with Gasteiger partial charge in [0.2, 0.25) is 0 Å². The van der Waals surface area contributed by atoms with Crippen LogP contribution in [-0.2, 0) is 16.6 Å². The lowest BCUT2D eigenvalue weighted by atomic mass is 10.1. The molecule has 0 spiro atoms. The average Bonchev–Trinajstić information content (AvgIpc) is 2.74. The molecule has 1 saturated heterocycles. The molecule has 2 rings (SSSR count). The highest BCUT2D eigenvalue weighted by Gasteiger charge is 2.34. The predicted molar refractivity (Wildman–Crippen MR) is 91.0 cm³/mol. The van der Waals surface area contributed by atoms with Crippen molar-refractivity contribution in [2.45, 2.75) is 32.8 Å². The van der Waals surface area contributed by atoms with E-state index in [2.05, 4.69) is 5.10 Å². The Morgan fingerprint density at radius 2 is 1.88 bits per heavy atom. The van der Waals surface area contributed by atoms with E-state index in [1.165, 1.54) is 10.9 Å². The Balaban J connectivity index is 2.05. The van der Waals surface area contributed by atoms with E-state index < -0.39 is 5.60 Å². The van der Waals surface area contributed by atoms with Gasteiger partial charge in [-0.05, 0) is 27.2 Å². The third-order valence-corrected chi connectivity index (χ3v) is 4.46. The van der Waals surface area contributed by atoms with E-state index in [1.54, 1.807) is 30.7 Å². The molecule has 0 saturated carbocycles. The van der Waals surface area contributed by atoms with Crippen LogP contribution in [0, 0.1) is 0 Å². The molecule has 24 heavy (non-hydrogen) atoms. The van der Waals surface area contributed by atoms with Gasteiger partial charge in [0.15, 0.2) is 0 Å². The Labute approximate surface area is 147 Å². The largest absolute Gasteiger partial charge is 0.366 e. The number of rotatable bonds is 4. The highest BCUT2D eigenvalue weighted by molar-refractivity contribution is 6.33. The first kappa shape index (κ1) is 18.7. The molecule has 0 aliphatic carbocycles. The number of nitrogens with zero attached hydrogens (tertiary/aromatic N) is 4. The Bertz CT molecular complexity index is 595. The number of carbonyl (C=O) groups is 2. The molecule has 0 aromatic carbocycles. The van der Waals surface area contributed by atoms with Gasteiger partial charge in [0.1, 0.15) is 11.3 Å². The van der Waals surface area contributed by atoms with Crippen LogP contribution in [0.5, 0.6) is 0 Å².